The van der Waals surface area contributed by atoms with Gasteiger partial charge in [-0.25, -0.2) is 0 Å². The van der Waals surface area contributed by atoms with Crippen LogP contribution in [-0.2, 0) is 21.8 Å². The van der Waals surface area contributed by atoms with Crippen LogP contribution in [0.2, 0.25) is 0 Å². The van der Waals surface area contributed by atoms with Crippen molar-refractivity contribution >= 4 is 45.7 Å². The van der Waals surface area contributed by atoms with Gasteiger partial charge in [-0.15, -0.1) is 10.2 Å². The van der Waals surface area contributed by atoms with Crippen LogP contribution >= 0.6 is 23.1 Å². The summed E-state index contributed by atoms with van der Waals surface area (Å²) in [5.41, 5.74) is 5.66. The monoisotopic (exact) mass is 597 g/mol. The van der Waals surface area contributed by atoms with Gasteiger partial charge in [0.15, 0.2) is 4.34 Å². The van der Waals surface area contributed by atoms with Crippen molar-refractivity contribution in [3.8, 4) is 5.75 Å². The number of ketones is 1. The molecule has 7 nitrogen and oxygen atoms in total. The zero-order valence-electron chi connectivity index (χ0n) is 23.8. The lowest BCUT2D eigenvalue weighted by molar-refractivity contribution is -0.132. The fraction of sp³-hybridized carbons (Fsp3) is 0.273. The fourth-order valence-electron chi connectivity index (χ4n) is 5.32. The molecule has 1 fully saturated rings. The third-order valence-corrected chi connectivity index (χ3v) is 9.74. The van der Waals surface area contributed by atoms with E-state index in [4.69, 9.17) is 4.74 Å². The van der Waals surface area contributed by atoms with E-state index in [-0.39, 0.29) is 17.4 Å². The molecule has 9 heteroatoms. The number of ether oxygens (including phenoxy) is 1. The molecule has 6 rings (SSSR count). The summed E-state index contributed by atoms with van der Waals surface area (Å²) in [7, 11) is 0. The second-order valence-corrected chi connectivity index (χ2v) is 13.2. The summed E-state index contributed by atoms with van der Waals surface area (Å²) in [6.07, 6.45) is 0.747. The number of carbonyl (C=O) groups excluding carboxylic acids is 2. The van der Waals surface area contributed by atoms with E-state index in [9.17, 15) is 14.7 Å². The molecule has 0 saturated carbocycles. The average molecular weight is 598 g/mol. The van der Waals surface area contributed by atoms with Gasteiger partial charge in [0, 0.05) is 17.7 Å². The molecule has 1 saturated heterocycles. The van der Waals surface area contributed by atoms with Crippen LogP contribution < -0.4 is 9.64 Å². The number of thioether (sulfide) groups is 1. The second-order valence-electron chi connectivity index (χ2n) is 11.1. The van der Waals surface area contributed by atoms with Crippen LogP contribution in [0.3, 0.4) is 0 Å². The first kappa shape index (κ1) is 28.2. The van der Waals surface area contributed by atoms with Crippen molar-refractivity contribution < 1.29 is 19.4 Å². The van der Waals surface area contributed by atoms with Crippen molar-refractivity contribution in [2.45, 2.75) is 62.3 Å². The quantitative estimate of drug-likeness (QED) is 0.0791. The summed E-state index contributed by atoms with van der Waals surface area (Å²) in [6, 6.07) is 20.6. The number of carbonyl (C=O) groups is 2. The van der Waals surface area contributed by atoms with Crippen LogP contribution in [0.25, 0.3) is 5.76 Å². The number of benzene rings is 3. The Labute approximate surface area is 253 Å². The number of rotatable bonds is 7. The maximum absolute atomic E-state index is 13.6. The van der Waals surface area contributed by atoms with Crippen molar-refractivity contribution in [3.63, 3.8) is 0 Å². The van der Waals surface area contributed by atoms with E-state index in [1.165, 1.54) is 33.6 Å². The van der Waals surface area contributed by atoms with Crippen LogP contribution in [0.5, 0.6) is 5.75 Å². The van der Waals surface area contributed by atoms with E-state index in [0.29, 0.717) is 38.7 Å². The smallest absolute Gasteiger partial charge is 0.301 e. The van der Waals surface area contributed by atoms with Crippen molar-refractivity contribution in [2.75, 3.05) is 4.90 Å². The highest BCUT2D eigenvalue weighted by Crippen LogP contribution is 2.45. The fourth-order valence-corrected chi connectivity index (χ4v) is 7.14. The molecule has 1 aromatic heterocycles. The molecule has 2 atom stereocenters. The van der Waals surface area contributed by atoms with Gasteiger partial charge in [-0.3, -0.25) is 14.5 Å². The van der Waals surface area contributed by atoms with E-state index >= 15 is 0 Å². The Bertz CT molecular complexity index is 1690. The molecule has 0 radical (unpaired) electrons. The molecule has 0 bridgehead atoms. The molecule has 4 aromatic rings. The standard InChI is InChI=1S/C33H31N3O4S2/c1-18(2)22-9-11-23(12-10-22)28-27(29(37)24-13-14-26-25(16-24)15-20(4)40-26)30(38)31(39)36(28)32-34-35-33(42-32)41-17-21-7-5-19(3)6-8-21/h5-14,16,18,20,28,37H,15,17H2,1-4H3/t20-,28+/m0/s1. The minimum absolute atomic E-state index is 0.0354. The lowest BCUT2D eigenvalue weighted by Crippen LogP contribution is -2.29. The van der Waals surface area contributed by atoms with Gasteiger partial charge in [0.2, 0.25) is 5.13 Å². The summed E-state index contributed by atoms with van der Waals surface area (Å²) in [4.78, 5) is 28.6. The first-order valence-electron chi connectivity index (χ1n) is 13.9. The number of hydrogen-bond acceptors (Lipinski definition) is 8. The molecule has 2 aliphatic rings. The van der Waals surface area contributed by atoms with Gasteiger partial charge in [-0.05, 0) is 60.2 Å². The number of Topliss-reactive ketones (excluding diaryl/α,β-unsaturated/α-hetero) is 1. The van der Waals surface area contributed by atoms with Crippen LogP contribution in [0.15, 0.2) is 76.6 Å². The number of amides is 1. The third-order valence-electron chi connectivity index (χ3n) is 7.62. The largest absolute Gasteiger partial charge is 0.507 e. The summed E-state index contributed by atoms with van der Waals surface area (Å²) in [5.74, 6) is 0.0877. The Hall–Kier alpha value is -3.95. The highest BCUT2D eigenvalue weighted by molar-refractivity contribution is 8.00. The van der Waals surface area contributed by atoms with Gasteiger partial charge in [0.1, 0.15) is 17.6 Å². The topological polar surface area (TPSA) is 92.6 Å². The zero-order chi connectivity index (χ0) is 29.5. The molecular weight excluding hydrogens is 567 g/mol. The molecular formula is C33H31N3O4S2. The molecule has 0 aliphatic carbocycles. The third kappa shape index (κ3) is 5.34. The van der Waals surface area contributed by atoms with Gasteiger partial charge in [-0.2, -0.15) is 0 Å². The predicted molar refractivity (Wildman–Crippen MR) is 166 cm³/mol. The number of nitrogens with zero attached hydrogens (tertiary/aromatic N) is 3. The number of hydrogen-bond donors (Lipinski definition) is 1. The van der Waals surface area contributed by atoms with E-state index < -0.39 is 17.7 Å². The minimum Gasteiger partial charge on any atom is -0.507 e. The van der Waals surface area contributed by atoms with Crippen molar-refractivity contribution in [2.24, 2.45) is 0 Å². The van der Waals surface area contributed by atoms with Crippen LogP contribution in [0.1, 0.15) is 66.1 Å². The Kier molecular flexibility index (Phi) is 7.64. The SMILES string of the molecule is Cc1ccc(CSc2nnc(N3C(=O)C(=O)C(=C(O)c4ccc5c(c4)C[C@H](C)O5)[C@H]3c3ccc(C(C)C)cc3)s2)cc1. The Morgan fingerprint density at radius 2 is 1.81 bits per heavy atom. The Balaban J connectivity index is 1.39. The molecule has 42 heavy (non-hydrogen) atoms. The van der Waals surface area contributed by atoms with Crippen molar-refractivity contribution in [3.05, 3.63) is 106 Å². The zero-order valence-corrected chi connectivity index (χ0v) is 25.5. The molecule has 214 valence electrons. The van der Waals surface area contributed by atoms with Gasteiger partial charge >= 0.3 is 5.91 Å². The summed E-state index contributed by atoms with van der Waals surface area (Å²) < 4.78 is 6.50. The van der Waals surface area contributed by atoms with Gasteiger partial charge in [0.25, 0.3) is 5.78 Å². The summed E-state index contributed by atoms with van der Waals surface area (Å²) in [6.45, 7) is 8.25. The molecule has 0 spiro atoms. The van der Waals surface area contributed by atoms with E-state index in [2.05, 4.69) is 55.2 Å². The molecule has 3 heterocycles. The van der Waals surface area contributed by atoms with Crippen molar-refractivity contribution in [1.29, 1.82) is 0 Å². The number of aliphatic hydroxyl groups is 1. The van der Waals surface area contributed by atoms with E-state index in [1.807, 2.05) is 37.3 Å². The molecule has 3 aromatic carbocycles. The first-order chi connectivity index (χ1) is 20.2. The van der Waals surface area contributed by atoms with Crippen molar-refractivity contribution in [1.82, 2.24) is 10.2 Å². The molecule has 1 N–H and O–H groups in total. The number of aryl methyl sites for hydroxylation is 1. The number of aliphatic hydroxyl groups excluding tert-OH is 1. The highest BCUT2D eigenvalue weighted by atomic mass is 32.2. The molecule has 1 amide bonds. The Morgan fingerprint density at radius 1 is 1.07 bits per heavy atom. The average Bonchev–Trinajstić information content (AvgIpc) is 3.67. The second kappa shape index (κ2) is 11.4. The highest BCUT2D eigenvalue weighted by Gasteiger charge is 2.48. The van der Waals surface area contributed by atoms with E-state index in [1.54, 1.807) is 12.1 Å². The maximum Gasteiger partial charge on any atom is 0.301 e. The number of fused-ring (bicyclic) bond motifs is 1. The van der Waals surface area contributed by atoms with E-state index in [0.717, 1.165) is 22.4 Å². The predicted octanol–water partition coefficient (Wildman–Crippen LogP) is 7.21. The number of aromatic nitrogens is 2. The minimum atomic E-state index is -0.850. The number of anilines is 1. The maximum atomic E-state index is 13.6. The summed E-state index contributed by atoms with van der Waals surface area (Å²) >= 11 is 2.79. The Morgan fingerprint density at radius 3 is 2.52 bits per heavy atom. The van der Waals surface area contributed by atoms with Crippen LogP contribution in [0.4, 0.5) is 5.13 Å². The van der Waals surface area contributed by atoms with Gasteiger partial charge < -0.3 is 9.84 Å². The summed E-state index contributed by atoms with van der Waals surface area (Å²) in [5, 5.41) is 20.6. The van der Waals surface area contributed by atoms with Gasteiger partial charge in [-0.1, -0.05) is 91.0 Å². The van der Waals surface area contributed by atoms with Gasteiger partial charge in [0.05, 0.1) is 11.6 Å². The lowest BCUT2D eigenvalue weighted by Gasteiger charge is -2.23. The normalized spacial score (nSPS) is 19.4. The van der Waals surface area contributed by atoms with Crippen LogP contribution in [-0.4, -0.2) is 33.1 Å². The lowest BCUT2D eigenvalue weighted by atomic mass is 9.93. The first-order valence-corrected chi connectivity index (χ1v) is 15.7. The molecule has 2 aliphatic heterocycles. The molecule has 0 unspecified atom stereocenters. The van der Waals surface area contributed by atoms with Crippen LogP contribution in [0, 0.1) is 6.92 Å².